The van der Waals surface area contributed by atoms with Crippen LogP contribution in [0.2, 0.25) is 0 Å². The normalized spacial score (nSPS) is 11.8. The summed E-state index contributed by atoms with van der Waals surface area (Å²) in [6, 6.07) is 1.58. The number of alkyl halides is 3. The van der Waals surface area contributed by atoms with Crippen LogP contribution < -0.4 is 5.56 Å². The first-order valence-corrected chi connectivity index (χ1v) is 5.98. The van der Waals surface area contributed by atoms with Gasteiger partial charge in [0.05, 0.1) is 23.3 Å². The lowest BCUT2D eigenvalue weighted by Crippen LogP contribution is -2.24. The van der Waals surface area contributed by atoms with E-state index in [1.54, 1.807) is 10.9 Å². The Bertz CT molecular complexity index is 602. The van der Waals surface area contributed by atoms with Gasteiger partial charge in [-0.05, 0) is 13.0 Å². The molecule has 0 radical (unpaired) electrons. The van der Waals surface area contributed by atoms with Gasteiger partial charge in [0, 0.05) is 17.1 Å². The van der Waals surface area contributed by atoms with Crippen molar-refractivity contribution in [3.8, 4) is 0 Å². The molecule has 2 aromatic rings. The van der Waals surface area contributed by atoms with Crippen molar-refractivity contribution in [2.75, 3.05) is 0 Å². The molecule has 0 N–H and O–H groups in total. The minimum Gasteiger partial charge on any atom is -0.307 e. The molecule has 0 aliphatic rings. The molecule has 0 aliphatic carbocycles. The van der Waals surface area contributed by atoms with Crippen molar-refractivity contribution < 1.29 is 13.2 Å². The summed E-state index contributed by atoms with van der Waals surface area (Å²) in [5, 5.41) is 1.75. The number of rotatable bonds is 2. The Kier molecular flexibility index (Phi) is 3.25. The fourth-order valence-electron chi connectivity index (χ4n) is 1.57. The molecular weight excluding hydrogens is 265 g/mol. The number of aryl methyl sites for hydroxylation is 1. The van der Waals surface area contributed by atoms with Gasteiger partial charge in [0.1, 0.15) is 0 Å². The highest BCUT2D eigenvalue weighted by atomic mass is 32.1. The largest absolute Gasteiger partial charge is 0.416 e. The second-order valence-electron chi connectivity index (χ2n) is 3.79. The fraction of sp³-hybridized carbons (Fsp3) is 0.273. The summed E-state index contributed by atoms with van der Waals surface area (Å²) in [5.74, 6) is 0. The molecule has 7 heteroatoms. The minimum atomic E-state index is -4.50. The zero-order chi connectivity index (χ0) is 13.3. The molecule has 3 nitrogen and oxygen atoms in total. The smallest absolute Gasteiger partial charge is 0.307 e. The standard InChI is InChI=1S/C11H9F3N2OS/c1-7-2-8(11(12,13)14)3-10(17)16(7)4-9-5-18-6-15-9/h2-3,5-6H,4H2,1H3. The Balaban J connectivity index is 2.42. The summed E-state index contributed by atoms with van der Waals surface area (Å²) >= 11 is 1.37. The Hall–Kier alpha value is -1.63. The average Bonchev–Trinajstić information content (AvgIpc) is 2.74. The summed E-state index contributed by atoms with van der Waals surface area (Å²) < 4.78 is 38.8. The second kappa shape index (κ2) is 4.56. The molecular formula is C11H9F3N2OS. The maximum Gasteiger partial charge on any atom is 0.416 e. The zero-order valence-corrected chi connectivity index (χ0v) is 10.2. The summed E-state index contributed by atoms with van der Waals surface area (Å²) in [5.41, 5.74) is 0.947. The number of aromatic nitrogens is 2. The first-order valence-electron chi connectivity index (χ1n) is 5.03. The van der Waals surface area contributed by atoms with Crippen molar-refractivity contribution in [3.05, 3.63) is 50.3 Å². The molecule has 2 aromatic heterocycles. The molecule has 0 atom stereocenters. The zero-order valence-electron chi connectivity index (χ0n) is 9.36. The van der Waals surface area contributed by atoms with Gasteiger partial charge >= 0.3 is 6.18 Å². The van der Waals surface area contributed by atoms with Gasteiger partial charge in [0.2, 0.25) is 0 Å². The van der Waals surface area contributed by atoms with Gasteiger partial charge < -0.3 is 4.57 Å². The van der Waals surface area contributed by atoms with E-state index >= 15 is 0 Å². The van der Waals surface area contributed by atoms with Gasteiger partial charge in [-0.1, -0.05) is 0 Å². The fourth-order valence-corrected chi connectivity index (χ4v) is 2.12. The van der Waals surface area contributed by atoms with Crippen molar-refractivity contribution in [3.63, 3.8) is 0 Å². The van der Waals surface area contributed by atoms with Crippen LogP contribution in [-0.4, -0.2) is 9.55 Å². The number of pyridine rings is 1. The number of hydrogen-bond acceptors (Lipinski definition) is 3. The highest BCUT2D eigenvalue weighted by Crippen LogP contribution is 2.28. The van der Waals surface area contributed by atoms with Crippen molar-refractivity contribution in [1.82, 2.24) is 9.55 Å². The van der Waals surface area contributed by atoms with Crippen LogP contribution in [0.3, 0.4) is 0 Å². The Morgan fingerprint density at radius 1 is 1.39 bits per heavy atom. The van der Waals surface area contributed by atoms with Crippen LogP contribution in [0.15, 0.2) is 27.8 Å². The topological polar surface area (TPSA) is 34.9 Å². The van der Waals surface area contributed by atoms with Crippen LogP contribution in [0, 0.1) is 6.92 Å². The molecule has 96 valence electrons. The van der Waals surface area contributed by atoms with Gasteiger partial charge in [-0.25, -0.2) is 4.98 Å². The van der Waals surface area contributed by atoms with Gasteiger partial charge in [-0.15, -0.1) is 11.3 Å². The summed E-state index contributed by atoms with van der Waals surface area (Å²) in [6.45, 7) is 1.66. The third-order valence-electron chi connectivity index (χ3n) is 2.47. The second-order valence-corrected chi connectivity index (χ2v) is 4.51. The van der Waals surface area contributed by atoms with Gasteiger partial charge in [-0.3, -0.25) is 4.79 Å². The molecule has 0 spiro atoms. The molecule has 18 heavy (non-hydrogen) atoms. The van der Waals surface area contributed by atoms with E-state index in [1.807, 2.05) is 0 Å². The van der Waals surface area contributed by atoms with Crippen molar-refractivity contribution in [2.45, 2.75) is 19.6 Å². The molecule has 0 fully saturated rings. The molecule has 2 heterocycles. The van der Waals surface area contributed by atoms with Crippen LogP contribution in [0.4, 0.5) is 13.2 Å². The maximum atomic E-state index is 12.5. The van der Waals surface area contributed by atoms with E-state index in [1.165, 1.54) is 22.8 Å². The first kappa shape index (κ1) is 12.8. The maximum absolute atomic E-state index is 12.5. The molecule has 2 rings (SSSR count). The molecule has 0 saturated heterocycles. The van der Waals surface area contributed by atoms with Gasteiger partial charge in [0.25, 0.3) is 5.56 Å². The minimum absolute atomic E-state index is 0.187. The molecule has 0 aromatic carbocycles. The number of hydrogen-bond donors (Lipinski definition) is 0. The summed E-state index contributed by atoms with van der Waals surface area (Å²) in [7, 11) is 0. The third kappa shape index (κ3) is 2.61. The number of nitrogens with zero attached hydrogens (tertiary/aromatic N) is 2. The van der Waals surface area contributed by atoms with E-state index in [0.717, 1.165) is 6.07 Å². The van der Waals surface area contributed by atoms with Crippen LogP contribution in [0.5, 0.6) is 0 Å². The highest BCUT2D eigenvalue weighted by Gasteiger charge is 2.31. The van der Waals surface area contributed by atoms with Crippen LogP contribution in [-0.2, 0) is 12.7 Å². The monoisotopic (exact) mass is 274 g/mol. The third-order valence-corrected chi connectivity index (χ3v) is 3.10. The van der Waals surface area contributed by atoms with Crippen molar-refractivity contribution in [2.24, 2.45) is 0 Å². The van der Waals surface area contributed by atoms with E-state index in [-0.39, 0.29) is 12.2 Å². The number of halogens is 3. The van der Waals surface area contributed by atoms with E-state index in [0.29, 0.717) is 11.8 Å². The van der Waals surface area contributed by atoms with Gasteiger partial charge in [0.15, 0.2) is 0 Å². The summed E-state index contributed by atoms with van der Waals surface area (Å²) in [6.07, 6.45) is -4.50. The van der Waals surface area contributed by atoms with E-state index < -0.39 is 17.3 Å². The van der Waals surface area contributed by atoms with E-state index in [4.69, 9.17) is 0 Å². The molecule has 0 unspecified atom stereocenters. The van der Waals surface area contributed by atoms with Crippen LogP contribution in [0.1, 0.15) is 17.0 Å². The van der Waals surface area contributed by atoms with E-state index in [2.05, 4.69) is 4.98 Å². The molecule has 0 bridgehead atoms. The Morgan fingerprint density at radius 2 is 2.11 bits per heavy atom. The Labute approximate surface area is 105 Å². The molecule has 0 aliphatic heterocycles. The predicted molar refractivity (Wildman–Crippen MR) is 61.7 cm³/mol. The van der Waals surface area contributed by atoms with Crippen molar-refractivity contribution in [1.29, 1.82) is 0 Å². The van der Waals surface area contributed by atoms with Crippen LogP contribution in [0.25, 0.3) is 0 Å². The lowest BCUT2D eigenvalue weighted by atomic mass is 10.2. The molecule has 0 amide bonds. The number of thiazole rings is 1. The predicted octanol–water partition coefficient (Wildman–Crippen LogP) is 2.68. The lowest BCUT2D eigenvalue weighted by molar-refractivity contribution is -0.137. The van der Waals surface area contributed by atoms with Crippen LogP contribution >= 0.6 is 11.3 Å². The van der Waals surface area contributed by atoms with Gasteiger partial charge in [-0.2, -0.15) is 13.2 Å². The molecule has 0 saturated carbocycles. The van der Waals surface area contributed by atoms with Crippen molar-refractivity contribution >= 4 is 11.3 Å². The quantitative estimate of drug-likeness (QED) is 0.844. The first-order chi connectivity index (χ1) is 8.38. The Morgan fingerprint density at radius 3 is 2.61 bits per heavy atom. The highest BCUT2D eigenvalue weighted by molar-refractivity contribution is 7.07. The lowest BCUT2D eigenvalue weighted by Gasteiger charge is -2.12. The average molecular weight is 274 g/mol. The van der Waals surface area contributed by atoms with E-state index in [9.17, 15) is 18.0 Å². The summed E-state index contributed by atoms with van der Waals surface area (Å²) in [4.78, 5) is 15.7. The SMILES string of the molecule is Cc1cc(C(F)(F)F)cc(=O)n1Cc1cscn1.